The summed E-state index contributed by atoms with van der Waals surface area (Å²) in [6, 6.07) is 10.6. The number of alkyl halides is 1. The van der Waals surface area contributed by atoms with Gasteiger partial charge in [0.05, 0.1) is 6.10 Å². The molecule has 0 aromatic heterocycles. The predicted molar refractivity (Wildman–Crippen MR) is 68.0 cm³/mol. The molecule has 0 radical (unpaired) electrons. The van der Waals surface area contributed by atoms with Crippen molar-refractivity contribution in [2.45, 2.75) is 43.6 Å². The third-order valence-electron chi connectivity index (χ3n) is 3.13. The van der Waals surface area contributed by atoms with Gasteiger partial charge in [0.25, 0.3) is 0 Å². The van der Waals surface area contributed by atoms with Crippen LogP contribution in [-0.4, -0.2) is 18.1 Å². The number of halogens is 1. The highest BCUT2D eigenvalue weighted by molar-refractivity contribution is 6.20. The summed E-state index contributed by atoms with van der Waals surface area (Å²) >= 11 is 6.22. The van der Waals surface area contributed by atoms with Gasteiger partial charge in [0.2, 0.25) is 0 Å². The number of hydrogen-bond donors (Lipinski definition) is 0. The highest BCUT2D eigenvalue weighted by Gasteiger charge is 2.18. The van der Waals surface area contributed by atoms with Gasteiger partial charge in [-0.2, -0.15) is 0 Å². The van der Waals surface area contributed by atoms with E-state index < -0.39 is 0 Å². The van der Waals surface area contributed by atoms with Crippen LogP contribution in [0.2, 0.25) is 0 Å². The molecular weight excluding hydrogens is 220 g/mol. The van der Waals surface area contributed by atoms with E-state index in [4.69, 9.17) is 16.3 Å². The Balaban J connectivity index is 1.80. The second-order valence-electron chi connectivity index (χ2n) is 4.49. The first-order chi connectivity index (χ1) is 7.84. The Labute approximate surface area is 103 Å². The van der Waals surface area contributed by atoms with Crippen molar-refractivity contribution in [3.63, 3.8) is 0 Å². The van der Waals surface area contributed by atoms with Gasteiger partial charge in [0.1, 0.15) is 0 Å². The Morgan fingerprint density at radius 1 is 1.25 bits per heavy atom. The first-order valence-electron chi connectivity index (χ1n) is 6.14. The second kappa shape index (κ2) is 6.27. The van der Waals surface area contributed by atoms with Crippen LogP contribution in [0.1, 0.15) is 31.2 Å². The molecule has 0 saturated carbocycles. The molecule has 1 fully saturated rings. The second-order valence-corrected chi connectivity index (χ2v) is 5.11. The van der Waals surface area contributed by atoms with Gasteiger partial charge in [-0.25, -0.2) is 0 Å². The Kier molecular flexibility index (Phi) is 4.68. The highest BCUT2D eigenvalue weighted by Crippen LogP contribution is 2.22. The van der Waals surface area contributed by atoms with Crippen LogP contribution in [0.4, 0.5) is 0 Å². The molecule has 2 atom stereocenters. The first kappa shape index (κ1) is 11.9. The van der Waals surface area contributed by atoms with Gasteiger partial charge < -0.3 is 4.74 Å². The maximum absolute atomic E-state index is 6.22. The van der Waals surface area contributed by atoms with E-state index in [9.17, 15) is 0 Å². The zero-order valence-electron chi connectivity index (χ0n) is 9.57. The summed E-state index contributed by atoms with van der Waals surface area (Å²) in [6.07, 6.45) is 5.75. The van der Waals surface area contributed by atoms with Crippen LogP contribution in [0.5, 0.6) is 0 Å². The highest BCUT2D eigenvalue weighted by atomic mass is 35.5. The van der Waals surface area contributed by atoms with E-state index >= 15 is 0 Å². The van der Waals surface area contributed by atoms with Gasteiger partial charge in [-0.05, 0) is 37.7 Å². The van der Waals surface area contributed by atoms with Gasteiger partial charge in [-0.3, -0.25) is 0 Å². The molecule has 1 nitrogen and oxygen atoms in total. The van der Waals surface area contributed by atoms with E-state index in [0.717, 1.165) is 38.7 Å². The van der Waals surface area contributed by atoms with Gasteiger partial charge in [0.15, 0.2) is 0 Å². The lowest BCUT2D eigenvalue weighted by Crippen LogP contribution is -2.15. The van der Waals surface area contributed by atoms with Crippen LogP contribution in [0.3, 0.4) is 0 Å². The molecule has 16 heavy (non-hydrogen) atoms. The molecule has 1 unspecified atom stereocenters. The van der Waals surface area contributed by atoms with Crippen molar-refractivity contribution in [2.75, 3.05) is 6.61 Å². The predicted octanol–water partition coefficient (Wildman–Crippen LogP) is 3.80. The third kappa shape index (κ3) is 3.80. The van der Waals surface area contributed by atoms with Crippen molar-refractivity contribution < 1.29 is 4.74 Å². The number of ether oxygens (including phenoxy) is 1. The Hall–Kier alpha value is -0.530. The van der Waals surface area contributed by atoms with Crippen LogP contribution >= 0.6 is 11.6 Å². The summed E-state index contributed by atoms with van der Waals surface area (Å²) in [4.78, 5) is 0. The minimum Gasteiger partial charge on any atom is -0.378 e. The molecule has 1 aromatic rings. The van der Waals surface area contributed by atoms with E-state index in [2.05, 4.69) is 30.3 Å². The fraction of sp³-hybridized carbons (Fsp3) is 0.571. The minimum atomic E-state index is 0.309. The van der Waals surface area contributed by atoms with Crippen LogP contribution in [0.15, 0.2) is 30.3 Å². The Morgan fingerprint density at radius 2 is 2.06 bits per heavy atom. The van der Waals surface area contributed by atoms with E-state index in [0.29, 0.717) is 11.5 Å². The lowest BCUT2D eigenvalue weighted by Gasteiger charge is -2.16. The lowest BCUT2D eigenvalue weighted by molar-refractivity contribution is 0.0534. The van der Waals surface area contributed by atoms with Gasteiger partial charge in [0, 0.05) is 12.0 Å². The quantitative estimate of drug-likeness (QED) is 0.728. The number of hydrogen-bond acceptors (Lipinski definition) is 1. The largest absolute Gasteiger partial charge is 0.378 e. The van der Waals surface area contributed by atoms with Crippen molar-refractivity contribution in [1.82, 2.24) is 0 Å². The molecule has 1 aliphatic heterocycles. The number of rotatable bonds is 3. The normalized spacial score (nSPS) is 26.3. The van der Waals surface area contributed by atoms with Crippen molar-refractivity contribution in [1.29, 1.82) is 0 Å². The van der Waals surface area contributed by atoms with Crippen molar-refractivity contribution in [3.05, 3.63) is 35.9 Å². The molecule has 0 bridgehead atoms. The molecule has 0 aliphatic carbocycles. The van der Waals surface area contributed by atoms with E-state index in [1.54, 1.807) is 0 Å². The summed E-state index contributed by atoms with van der Waals surface area (Å²) in [5.74, 6) is 0. The zero-order valence-corrected chi connectivity index (χ0v) is 10.3. The molecule has 0 N–H and O–H groups in total. The topological polar surface area (TPSA) is 9.23 Å². The minimum absolute atomic E-state index is 0.309. The van der Waals surface area contributed by atoms with E-state index in [-0.39, 0.29) is 0 Å². The number of benzene rings is 1. The standard InChI is InChI=1S/C14H19ClO/c15-13-7-4-10-16-14(11-13)9-8-12-5-2-1-3-6-12/h1-3,5-6,13-14H,4,7-11H2/t13-,14?/m1/s1. The third-order valence-corrected chi connectivity index (χ3v) is 3.53. The SMILES string of the molecule is Cl[C@@H]1CCCOC(CCc2ccccc2)C1. The smallest absolute Gasteiger partial charge is 0.0592 e. The Bertz CT molecular complexity index is 299. The van der Waals surface area contributed by atoms with E-state index in [1.165, 1.54) is 5.56 Å². The molecule has 1 saturated heterocycles. The lowest BCUT2D eigenvalue weighted by atomic mass is 10.0. The zero-order chi connectivity index (χ0) is 11.2. The summed E-state index contributed by atoms with van der Waals surface area (Å²) in [6.45, 7) is 0.878. The average molecular weight is 239 g/mol. The molecule has 1 heterocycles. The van der Waals surface area contributed by atoms with Gasteiger partial charge >= 0.3 is 0 Å². The van der Waals surface area contributed by atoms with Crippen LogP contribution in [0, 0.1) is 0 Å². The summed E-state index contributed by atoms with van der Waals surface area (Å²) in [5, 5.41) is 0.309. The molecule has 0 spiro atoms. The van der Waals surface area contributed by atoms with Crippen LogP contribution < -0.4 is 0 Å². The molecule has 2 rings (SSSR count). The van der Waals surface area contributed by atoms with Crippen molar-refractivity contribution >= 4 is 11.6 Å². The summed E-state index contributed by atoms with van der Waals surface area (Å²) in [7, 11) is 0. The van der Waals surface area contributed by atoms with E-state index in [1.807, 2.05) is 0 Å². The molecule has 1 aromatic carbocycles. The fourth-order valence-electron chi connectivity index (χ4n) is 2.20. The van der Waals surface area contributed by atoms with Crippen LogP contribution in [-0.2, 0) is 11.2 Å². The fourth-order valence-corrected chi connectivity index (χ4v) is 2.55. The van der Waals surface area contributed by atoms with Crippen LogP contribution in [0.25, 0.3) is 0 Å². The average Bonchev–Trinajstić information content (AvgIpc) is 2.52. The monoisotopic (exact) mass is 238 g/mol. The maximum atomic E-state index is 6.22. The maximum Gasteiger partial charge on any atom is 0.0592 e. The van der Waals surface area contributed by atoms with Gasteiger partial charge in [-0.15, -0.1) is 11.6 Å². The first-order valence-corrected chi connectivity index (χ1v) is 6.58. The number of aryl methyl sites for hydroxylation is 1. The molecule has 88 valence electrons. The molecular formula is C14H19ClO. The molecule has 1 aliphatic rings. The molecule has 0 amide bonds. The Morgan fingerprint density at radius 3 is 2.88 bits per heavy atom. The van der Waals surface area contributed by atoms with Crippen molar-refractivity contribution in [3.8, 4) is 0 Å². The molecule has 2 heteroatoms. The summed E-state index contributed by atoms with van der Waals surface area (Å²) in [5.41, 5.74) is 1.39. The van der Waals surface area contributed by atoms with Crippen molar-refractivity contribution in [2.24, 2.45) is 0 Å². The summed E-state index contributed by atoms with van der Waals surface area (Å²) < 4.78 is 5.81. The van der Waals surface area contributed by atoms with Gasteiger partial charge in [-0.1, -0.05) is 30.3 Å².